The molecule has 2 rings (SSSR count). The average Bonchev–Trinajstić information content (AvgIpc) is 2.24. The summed E-state index contributed by atoms with van der Waals surface area (Å²) < 4.78 is 4.97. The smallest absolute Gasteiger partial charge is 0.313 e. The van der Waals surface area contributed by atoms with Gasteiger partial charge < -0.3 is 9.84 Å². The topological polar surface area (TPSA) is 46.5 Å². The first-order valence-electron chi connectivity index (χ1n) is 3.75. The van der Waals surface area contributed by atoms with Gasteiger partial charge in [0.25, 0.3) is 0 Å². The average molecular weight is 154 g/mol. The fourth-order valence-electron chi connectivity index (χ4n) is 1.73. The first-order valence-corrected chi connectivity index (χ1v) is 3.75. The molecular formula is C8H10O3. The number of aliphatic hydroxyl groups is 1. The number of hydrogen-bond acceptors (Lipinski definition) is 3. The summed E-state index contributed by atoms with van der Waals surface area (Å²) >= 11 is 0. The molecule has 1 heterocycles. The van der Waals surface area contributed by atoms with Gasteiger partial charge in [-0.15, -0.1) is 0 Å². The molecule has 0 radical (unpaired) electrons. The zero-order valence-electron chi connectivity index (χ0n) is 6.12. The van der Waals surface area contributed by atoms with Crippen LogP contribution in [0.3, 0.4) is 0 Å². The summed E-state index contributed by atoms with van der Waals surface area (Å²) in [4.78, 5) is 11.0. The van der Waals surface area contributed by atoms with Gasteiger partial charge in [0.1, 0.15) is 6.10 Å². The fraction of sp³-hybridized carbons (Fsp3) is 0.625. The molecule has 1 aliphatic carbocycles. The second-order valence-corrected chi connectivity index (χ2v) is 3.17. The van der Waals surface area contributed by atoms with Crippen molar-refractivity contribution in [3.8, 4) is 0 Å². The van der Waals surface area contributed by atoms with Gasteiger partial charge >= 0.3 is 5.97 Å². The quantitative estimate of drug-likeness (QED) is 0.401. The summed E-state index contributed by atoms with van der Waals surface area (Å²) in [5.41, 5.74) is 0.628. The molecule has 2 fully saturated rings. The van der Waals surface area contributed by atoms with Gasteiger partial charge in [0.05, 0.1) is 12.0 Å². The summed E-state index contributed by atoms with van der Waals surface area (Å²) in [7, 11) is 0. The number of hydrogen-bond donors (Lipinski definition) is 1. The Hall–Kier alpha value is -0.830. The van der Waals surface area contributed by atoms with Crippen molar-refractivity contribution in [1.82, 2.24) is 0 Å². The van der Waals surface area contributed by atoms with Crippen LogP contribution in [0.15, 0.2) is 12.2 Å². The molecule has 0 unspecified atom stereocenters. The Morgan fingerprint density at radius 3 is 3.00 bits per heavy atom. The molecule has 1 saturated carbocycles. The summed E-state index contributed by atoms with van der Waals surface area (Å²) in [5, 5.41) is 9.34. The zero-order valence-corrected chi connectivity index (χ0v) is 6.12. The highest BCUT2D eigenvalue weighted by Gasteiger charge is 2.43. The van der Waals surface area contributed by atoms with Crippen molar-refractivity contribution >= 4 is 5.97 Å². The maximum Gasteiger partial charge on any atom is 0.313 e. The van der Waals surface area contributed by atoms with Gasteiger partial charge in [-0.1, -0.05) is 6.58 Å². The van der Waals surface area contributed by atoms with Crippen LogP contribution in [-0.2, 0) is 9.53 Å². The largest absolute Gasteiger partial charge is 0.462 e. The summed E-state index contributed by atoms with van der Waals surface area (Å²) in [6.07, 6.45) is 0.647. The minimum absolute atomic E-state index is 0.0620. The standard InChI is InChI=1S/C8H10O3/c1-4-6-2-5(3-7(4)9)11-8(6)10/h5-7,9H,1-3H2/t5-,6+,7+/m0/s1. The van der Waals surface area contributed by atoms with E-state index < -0.39 is 6.10 Å². The van der Waals surface area contributed by atoms with Crippen LogP contribution in [-0.4, -0.2) is 23.3 Å². The van der Waals surface area contributed by atoms with E-state index in [2.05, 4.69) is 6.58 Å². The van der Waals surface area contributed by atoms with Crippen molar-refractivity contribution in [1.29, 1.82) is 0 Å². The molecule has 2 bridgehead atoms. The Morgan fingerprint density at radius 2 is 2.27 bits per heavy atom. The highest BCUT2D eigenvalue weighted by atomic mass is 16.6. The van der Waals surface area contributed by atoms with Gasteiger partial charge in [0.2, 0.25) is 0 Å². The molecule has 1 aliphatic heterocycles. The molecule has 1 saturated heterocycles. The number of rotatable bonds is 0. The first-order chi connectivity index (χ1) is 5.18. The van der Waals surface area contributed by atoms with Crippen molar-refractivity contribution in [2.45, 2.75) is 25.0 Å². The number of ether oxygens (including phenoxy) is 1. The molecule has 1 N–H and O–H groups in total. The Morgan fingerprint density at radius 1 is 1.55 bits per heavy atom. The molecule has 0 aromatic rings. The molecule has 3 atom stereocenters. The molecule has 11 heavy (non-hydrogen) atoms. The van der Waals surface area contributed by atoms with Crippen LogP contribution in [0.5, 0.6) is 0 Å². The van der Waals surface area contributed by atoms with Gasteiger partial charge in [0.15, 0.2) is 0 Å². The van der Waals surface area contributed by atoms with Gasteiger partial charge in [-0.05, 0) is 5.57 Å². The van der Waals surface area contributed by atoms with E-state index in [1.54, 1.807) is 0 Å². The molecule has 0 aromatic heterocycles. The van der Waals surface area contributed by atoms with Crippen molar-refractivity contribution in [3.05, 3.63) is 12.2 Å². The van der Waals surface area contributed by atoms with Crippen molar-refractivity contribution in [2.75, 3.05) is 0 Å². The third-order valence-corrected chi connectivity index (χ3v) is 2.43. The monoisotopic (exact) mass is 154 g/mol. The van der Waals surface area contributed by atoms with Crippen LogP contribution in [0.2, 0.25) is 0 Å². The predicted molar refractivity (Wildman–Crippen MR) is 37.8 cm³/mol. The molecule has 0 amide bonds. The molecular weight excluding hydrogens is 144 g/mol. The second kappa shape index (κ2) is 2.08. The third kappa shape index (κ3) is 0.878. The summed E-state index contributed by atoms with van der Waals surface area (Å²) in [6.45, 7) is 3.67. The predicted octanol–water partition coefficient (Wildman–Crippen LogP) is 0.239. The van der Waals surface area contributed by atoms with Crippen molar-refractivity contribution < 1.29 is 14.6 Å². The highest BCUT2D eigenvalue weighted by Crippen LogP contribution is 2.37. The molecule has 60 valence electrons. The van der Waals surface area contributed by atoms with E-state index in [1.165, 1.54) is 0 Å². The van der Waals surface area contributed by atoms with Crippen LogP contribution < -0.4 is 0 Å². The first kappa shape index (κ1) is 6.85. The number of aliphatic hydroxyl groups excluding tert-OH is 1. The maximum absolute atomic E-state index is 11.0. The normalized spacial score (nSPS) is 42.5. The van der Waals surface area contributed by atoms with E-state index in [0.717, 1.165) is 0 Å². The van der Waals surface area contributed by atoms with Crippen LogP contribution in [0.1, 0.15) is 12.8 Å². The van der Waals surface area contributed by atoms with E-state index in [0.29, 0.717) is 18.4 Å². The minimum Gasteiger partial charge on any atom is -0.462 e. The van der Waals surface area contributed by atoms with Gasteiger partial charge in [-0.3, -0.25) is 4.79 Å². The number of carbonyl (C=O) groups excluding carboxylic acids is 1. The Balaban J connectivity index is 2.27. The minimum atomic E-state index is -0.537. The lowest BCUT2D eigenvalue weighted by Crippen LogP contribution is -2.26. The Labute approximate surface area is 64.7 Å². The van der Waals surface area contributed by atoms with E-state index >= 15 is 0 Å². The second-order valence-electron chi connectivity index (χ2n) is 3.17. The Bertz CT molecular complexity index is 221. The van der Waals surface area contributed by atoms with Gasteiger partial charge in [0, 0.05) is 12.8 Å². The Kier molecular flexibility index (Phi) is 1.29. The van der Waals surface area contributed by atoms with Crippen LogP contribution in [0.4, 0.5) is 0 Å². The van der Waals surface area contributed by atoms with E-state index in [1.807, 2.05) is 0 Å². The lowest BCUT2D eigenvalue weighted by atomic mass is 9.84. The van der Waals surface area contributed by atoms with E-state index in [-0.39, 0.29) is 18.0 Å². The van der Waals surface area contributed by atoms with E-state index in [9.17, 15) is 9.90 Å². The number of carbonyl (C=O) groups is 1. The third-order valence-electron chi connectivity index (χ3n) is 2.43. The lowest BCUT2D eigenvalue weighted by Gasteiger charge is -2.22. The SMILES string of the molecule is C=C1[C@H]2C[C@@H](C[C@H]1O)OC2=O. The molecule has 3 nitrogen and oxygen atoms in total. The number of fused-ring (bicyclic) bond motifs is 2. The number of esters is 1. The lowest BCUT2D eigenvalue weighted by molar-refractivity contribution is -0.142. The van der Waals surface area contributed by atoms with Gasteiger partial charge in [-0.25, -0.2) is 0 Å². The van der Waals surface area contributed by atoms with Crippen LogP contribution >= 0.6 is 0 Å². The van der Waals surface area contributed by atoms with Crippen molar-refractivity contribution in [3.63, 3.8) is 0 Å². The van der Waals surface area contributed by atoms with Crippen LogP contribution in [0, 0.1) is 5.92 Å². The molecule has 0 aromatic carbocycles. The van der Waals surface area contributed by atoms with Gasteiger partial charge in [-0.2, -0.15) is 0 Å². The molecule has 2 aliphatic rings. The maximum atomic E-state index is 11.0. The molecule has 3 heteroatoms. The van der Waals surface area contributed by atoms with Crippen LogP contribution in [0.25, 0.3) is 0 Å². The van der Waals surface area contributed by atoms with E-state index in [4.69, 9.17) is 4.74 Å². The highest BCUT2D eigenvalue weighted by molar-refractivity contribution is 5.78. The fourth-order valence-corrected chi connectivity index (χ4v) is 1.73. The zero-order chi connectivity index (χ0) is 8.01. The summed E-state index contributed by atoms with van der Waals surface area (Å²) in [5.74, 6) is -0.444. The summed E-state index contributed by atoms with van der Waals surface area (Å²) in [6, 6.07) is 0. The molecule has 0 spiro atoms. The van der Waals surface area contributed by atoms with Crippen molar-refractivity contribution in [2.24, 2.45) is 5.92 Å².